The Kier molecular flexibility index (Phi) is 12.9. The van der Waals surface area contributed by atoms with E-state index in [1.807, 2.05) is 0 Å². The maximum atomic E-state index is 13.1. The molecule has 262 valence electrons. The molecule has 2 aliphatic rings. The monoisotopic (exact) mass is 886 g/mol. The average Bonchev–Trinajstić information content (AvgIpc) is 3.40. The van der Waals surface area contributed by atoms with Crippen molar-refractivity contribution in [2.75, 3.05) is 37.7 Å². The summed E-state index contributed by atoms with van der Waals surface area (Å²) in [5, 5.41) is 10.2. The van der Waals surface area contributed by atoms with Gasteiger partial charge in [0.1, 0.15) is 25.3 Å². The van der Waals surface area contributed by atoms with Crippen LogP contribution in [0.3, 0.4) is 0 Å². The fraction of sp³-hybridized carbons (Fsp3) is 0.467. The van der Waals surface area contributed by atoms with Crippen molar-refractivity contribution in [3.8, 4) is 0 Å². The summed E-state index contributed by atoms with van der Waals surface area (Å²) in [5.74, 6) is -0.308. The Morgan fingerprint density at radius 3 is 2.27 bits per heavy atom. The second kappa shape index (κ2) is 16.3. The molecule has 0 radical (unpaired) electrons. The van der Waals surface area contributed by atoms with Gasteiger partial charge in [-0.15, -0.1) is 11.3 Å². The lowest BCUT2D eigenvalue weighted by molar-refractivity contribution is -0.138. The summed E-state index contributed by atoms with van der Waals surface area (Å²) in [6, 6.07) is 8.15. The maximum absolute atomic E-state index is 13.1. The smallest absolute Gasteiger partial charge is 0.322 e. The molecule has 0 spiro atoms. The molecule has 2 fully saturated rings. The number of sulfonamides is 2. The predicted octanol–water partition coefficient (Wildman–Crippen LogP) is 6.43. The minimum absolute atomic E-state index is 0.0521. The Hall–Kier alpha value is -1.34. The molecule has 11 nitrogen and oxygen atoms in total. The molecule has 0 aliphatic carbocycles. The highest BCUT2D eigenvalue weighted by Crippen LogP contribution is 2.37. The SMILES string of the molecule is O=C(O)C(Cc1ccc(Cl)cc1)NS(=O)(=O)c1cnc(N2CCC(OCCC3CCN(S(=O)(=O)c4cc(Br)c(Cl)s4)CC3)CC2)c(Br)c1. The number of carboxylic acids is 1. The summed E-state index contributed by atoms with van der Waals surface area (Å²) in [6.45, 7) is 2.89. The molecule has 3 aromatic rings. The lowest BCUT2D eigenvalue weighted by Crippen LogP contribution is -2.42. The van der Waals surface area contributed by atoms with Crippen LogP contribution >= 0.6 is 66.4 Å². The molecule has 0 amide bonds. The van der Waals surface area contributed by atoms with Crippen LogP contribution in [-0.2, 0) is 36.0 Å². The lowest BCUT2D eigenvalue weighted by atomic mass is 9.95. The van der Waals surface area contributed by atoms with Crippen LogP contribution < -0.4 is 9.62 Å². The number of halogens is 4. The summed E-state index contributed by atoms with van der Waals surface area (Å²) < 4.78 is 63.9. The van der Waals surface area contributed by atoms with Gasteiger partial charge in [0.2, 0.25) is 10.0 Å². The number of carbonyl (C=O) groups is 1. The van der Waals surface area contributed by atoms with Crippen molar-refractivity contribution in [2.45, 2.75) is 59.8 Å². The van der Waals surface area contributed by atoms with Crippen LogP contribution in [0.15, 0.2) is 60.6 Å². The first kappa shape index (κ1) is 37.9. The van der Waals surface area contributed by atoms with Crippen molar-refractivity contribution in [1.82, 2.24) is 14.0 Å². The number of benzene rings is 1. The zero-order valence-electron chi connectivity index (χ0n) is 25.5. The van der Waals surface area contributed by atoms with Gasteiger partial charge >= 0.3 is 5.97 Å². The minimum Gasteiger partial charge on any atom is -0.480 e. The van der Waals surface area contributed by atoms with Gasteiger partial charge in [0, 0.05) is 48.5 Å². The molecule has 1 atom stereocenters. The number of anilines is 1. The summed E-state index contributed by atoms with van der Waals surface area (Å²) in [4.78, 5) is 18.2. The molecule has 2 saturated heterocycles. The van der Waals surface area contributed by atoms with Crippen molar-refractivity contribution < 1.29 is 31.5 Å². The molecule has 4 heterocycles. The Morgan fingerprint density at radius 2 is 1.69 bits per heavy atom. The van der Waals surface area contributed by atoms with E-state index in [-0.39, 0.29) is 21.6 Å². The topological polar surface area (TPSA) is 146 Å². The van der Waals surface area contributed by atoms with Gasteiger partial charge in [0.25, 0.3) is 10.0 Å². The van der Waals surface area contributed by atoms with Crippen molar-refractivity contribution in [1.29, 1.82) is 0 Å². The van der Waals surface area contributed by atoms with Gasteiger partial charge in [-0.3, -0.25) is 4.79 Å². The van der Waals surface area contributed by atoms with Crippen molar-refractivity contribution in [3.05, 3.63) is 66.5 Å². The second-order valence-electron chi connectivity index (χ2n) is 11.7. The standard InChI is InChI=1S/C30H34Br2Cl2N4O7S3/c31-24-17-27(46-28(24)34)48(43,44)38-12-5-19(6-13-38)9-14-45-22-7-10-37(11-8-22)29-25(32)16-23(18-35-29)47(41,42)36-26(30(39)40)15-20-1-3-21(33)4-2-20/h1-4,16-19,22,26,36H,5-15H2,(H,39,40). The molecule has 2 aromatic heterocycles. The van der Waals surface area contributed by atoms with Crippen LogP contribution in [0.25, 0.3) is 0 Å². The van der Waals surface area contributed by atoms with E-state index in [1.54, 1.807) is 30.3 Å². The quantitative estimate of drug-likeness (QED) is 0.199. The number of carboxylic acid groups (broad SMARTS) is 1. The van der Waals surface area contributed by atoms with Crippen molar-refractivity contribution in [3.63, 3.8) is 0 Å². The van der Waals surface area contributed by atoms with Gasteiger partial charge in [0.15, 0.2) is 0 Å². The summed E-state index contributed by atoms with van der Waals surface area (Å²) in [7, 11) is -7.73. The van der Waals surface area contributed by atoms with Crippen LogP contribution in [0.4, 0.5) is 5.82 Å². The number of aromatic nitrogens is 1. The van der Waals surface area contributed by atoms with Gasteiger partial charge in [-0.25, -0.2) is 21.8 Å². The van der Waals surface area contributed by atoms with Gasteiger partial charge in [-0.05, 0) is 106 Å². The first-order valence-corrected chi connectivity index (χ1v) is 21.3. The van der Waals surface area contributed by atoms with Gasteiger partial charge < -0.3 is 14.7 Å². The number of pyridine rings is 1. The molecule has 0 saturated carbocycles. The van der Waals surface area contributed by atoms with E-state index in [0.717, 1.165) is 43.4 Å². The van der Waals surface area contributed by atoms with Crippen LogP contribution in [0.2, 0.25) is 9.36 Å². The molecule has 2 N–H and O–H groups in total. The zero-order valence-corrected chi connectivity index (χ0v) is 32.7. The molecular formula is C30H34Br2Cl2N4O7S3. The molecule has 48 heavy (non-hydrogen) atoms. The van der Waals surface area contributed by atoms with Gasteiger partial charge in [0.05, 0.1) is 10.6 Å². The van der Waals surface area contributed by atoms with Crippen LogP contribution in [0.5, 0.6) is 0 Å². The number of nitrogens with one attached hydrogen (secondary N) is 1. The number of rotatable bonds is 13. The second-order valence-corrected chi connectivity index (χ2v) is 19.4. The fourth-order valence-electron chi connectivity index (χ4n) is 5.74. The molecule has 1 aromatic carbocycles. The van der Waals surface area contributed by atoms with Crippen LogP contribution in [0.1, 0.15) is 37.7 Å². The number of hydrogen-bond donors (Lipinski definition) is 2. The summed E-state index contributed by atoms with van der Waals surface area (Å²) in [5.41, 5.74) is 0.625. The van der Waals surface area contributed by atoms with E-state index in [9.17, 15) is 26.7 Å². The highest BCUT2D eigenvalue weighted by Gasteiger charge is 2.32. The normalized spacial score (nSPS) is 17.9. The third-order valence-corrected chi connectivity index (χ3v) is 15.6. The number of piperidine rings is 2. The van der Waals surface area contributed by atoms with Crippen molar-refractivity contribution >= 4 is 98.2 Å². The molecule has 2 aliphatic heterocycles. The van der Waals surface area contributed by atoms with Crippen LogP contribution in [-0.4, -0.2) is 82.1 Å². The Labute approximate surface area is 311 Å². The third-order valence-electron chi connectivity index (χ3n) is 8.47. The Balaban J connectivity index is 1.07. The Bertz CT molecular complexity index is 1800. The van der Waals surface area contributed by atoms with E-state index in [4.69, 9.17) is 27.9 Å². The number of aliphatic carboxylic acids is 1. The van der Waals surface area contributed by atoms with E-state index in [1.165, 1.54) is 16.6 Å². The minimum atomic E-state index is -4.18. The number of hydrogen-bond acceptors (Lipinski definition) is 9. The maximum Gasteiger partial charge on any atom is 0.322 e. The summed E-state index contributed by atoms with van der Waals surface area (Å²) >= 11 is 19.8. The zero-order chi connectivity index (χ0) is 34.6. The first-order valence-electron chi connectivity index (χ1n) is 15.2. The molecule has 18 heteroatoms. The average molecular weight is 890 g/mol. The van der Waals surface area contributed by atoms with E-state index >= 15 is 0 Å². The highest BCUT2D eigenvalue weighted by atomic mass is 79.9. The van der Waals surface area contributed by atoms with Gasteiger partial charge in [-0.2, -0.15) is 9.03 Å². The highest BCUT2D eigenvalue weighted by molar-refractivity contribution is 9.11. The molecule has 0 bridgehead atoms. The van der Waals surface area contributed by atoms with Gasteiger partial charge in [-0.1, -0.05) is 35.3 Å². The molecular weight excluding hydrogens is 855 g/mol. The third kappa shape index (κ3) is 9.50. The number of nitrogens with zero attached hydrogens (tertiary/aromatic N) is 3. The summed E-state index contributed by atoms with van der Waals surface area (Å²) in [6.07, 6.45) is 5.24. The van der Waals surface area contributed by atoms with Crippen molar-refractivity contribution in [2.24, 2.45) is 5.92 Å². The van der Waals surface area contributed by atoms with E-state index in [0.29, 0.717) is 68.4 Å². The van der Waals surface area contributed by atoms with E-state index in [2.05, 4.69) is 46.5 Å². The van der Waals surface area contributed by atoms with Crippen LogP contribution in [0, 0.1) is 5.92 Å². The largest absolute Gasteiger partial charge is 0.480 e. The molecule has 1 unspecified atom stereocenters. The first-order chi connectivity index (χ1) is 22.7. The van der Waals surface area contributed by atoms with E-state index < -0.39 is 32.1 Å². The lowest BCUT2D eigenvalue weighted by Gasteiger charge is -2.34. The number of thiophene rings is 1. The molecule has 5 rings (SSSR count). The fourth-order valence-corrected chi connectivity index (χ4v) is 11.7. The number of ether oxygens (including phenoxy) is 1. The Morgan fingerprint density at radius 1 is 1.02 bits per heavy atom. The predicted molar refractivity (Wildman–Crippen MR) is 193 cm³/mol.